The number of halogens is 2. The molecule has 2 N–H and O–H groups in total. The number of rotatable bonds is 3. The van der Waals surface area contributed by atoms with E-state index in [0.29, 0.717) is 18.8 Å². The van der Waals surface area contributed by atoms with E-state index in [-0.39, 0.29) is 12.0 Å². The third kappa shape index (κ3) is 3.08. The maximum Gasteiger partial charge on any atom is 0.275 e. The van der Waals surface area contributed by atoms with Crippen molar-refractivity contribution in [3.05, 3.63) is 35.9 Å². The Bertz CT molecular complexity index is 381. The van der Waals surface area contributed by atoms with Gasteiger partial charge in [-0.3, -0.25) is 0 Å². The number of alkyl halides is 2. The number of hydrogen-bond donors (Lipinski definition) is 1. The van der Waals surface area contributed by atoms with Crippen LogP contribution in [0.1, 0.15) is 44.6 Å². The predicted molar refractivity (Wildman–Crippen MR) is 69.5 cm³/mol. The number of nitrogens with two attached hydrogens (primary N) is 1. The van der Waals surface area contributed by atoms with Gasteiger partial charge < -0.3 is 5.73 Å². The van der Waals surface area contributed by atoms with E-state index in [1.165, 1.54) is 12.1 Å². The zero-order valence-corrected chi connectivity index (χ0v) is 10.8. The minimum absolute atomic E-state index is 0.0773. The summed E-state index contributed by atoms with van der Waals surface area (Å²) >= 11 is 0. The first-order valence-corrected chi connectivity index (χ1v) is 6.64. The monoisotopic (exact) mass is 253 g/mol. The smallest absolute Gasteiger partial charge is 0.275 e. The second kappa shape index (κ2) is 4.96. The van der Waals surface area contributed by atoms with Gasteiger partial charge in [0, 0.05) is 17.5 Å². The quantitative estimate of drug-likeness (QED) is 0.863. The Hall–Kier alpha value is -0.960. The average Bonchev–Trinajstić information content (AvgIpc) is 2.34. The van der Waals surface area contributed by atoms with Crippen LogP contribution in [0.2, 0.25) is 0 Å². The van der Waals surface area contributed by atoms with E-state index >= 15 is 0 Å². The molecule has 0 spiro atoms. The zero-order valence-electron chi connectivity index (χ0n) is 10.8. The fourth-order valence-corrected chi connectivity index (χ4v) is 2.74. The molecule has 2 rings (SSSR count). The summed E-state index contributed by atoms with van der Waals surface area (Å²) in [5.41, 5.74) is 5.54. The zero-order chi connectivity index (χ0) is 13.2. The molecule has 0 amide bonds. The molecule has 0 saturated heterocycles. The Balaban J connectivity index is 2.08. The van der Waals surface area contributed by atoms with Gasteiger partial charge in [-0.05, 0) is 31.6 Å². The van der Waals surface area contributed by atoms with Crippen LogP contribution in [0.5, 0.6) is 0 Å². The van der Waals surface area contributed by atoms with Crippen molar-refractivity contribution in [3.8, 4) is 0 Å². The molecule has 1 aromatic carbocycles. The Labute approximate surface area is 107 Å². The van der Waals surface area contributed by atoms with Crippen LogP contribution in [0.15, 0.2) is 30.3 Å². The SMILES string of the molecule is CC1CCC(N)(CC(F)(F)c2ccccc2)CC1. The number of benzene rings is 1. The van der Waals surface area contributed by atoms with E-state index in [1.54, 1.807) is 18.2 Å². The van der Waals surface area contributed by atoms with Gasteiger partial charge in [0.2, 0.25) is 0 Å². The highest BCUT2D eigenvalue weighted by atomic mass is 19.3. The summed E-state index contributed by atoms with van der Waals surface area (Å²) in [5, 5.41) is 0. The van der Waals surface area contributed by atoms with E-state index in [9.17, 15) is 8.78 Å². The fourth-order valence-electron chi connectivity index (χ4n) is 2.74. The molecule has 1 nitrogen and oxygen atoms in total. The molecular weight excluding hydrogens is 232 g/mol. The third-order valence-corrected chi connectivity index (χ3v) is 4.04. The van der Waals surface area contributed by atoms with Crippen molar-refractivity contribution >= 4 is 0 Å². The molecular formula is C15H21F2N. The predicted octanol–water partition coefficient (Wildman–Crippen LogP) is 4.08. The van der Waals surface area contributed by atoms with Crippen LogP contribution in [-0.4, -0.2) is 5.54 Å². The third-order valence-electron chi connectivity index (χ3n) is 4.04. The van der Waals surface area contributed by atoms with Gasteiger partial charge in [-0.2, -0.15) is 0 Å². The molecule has 1 aliphatic carbocycles. The van der Waals surface area contributed by atoms with Gasteiger partial charge in [0.1, 0.15) is 0 Å². The lowest BCUT2D eigenvalue weighted by atomic mass is 9.74. The summed E-state index contributed by atoms with van der Waals surface area (Å²) in [7, 11) is 0. The van der Waals surface area contributed by atoms with Crippen molar-refractivity contribution in [2.24, 2.45) is 11.7 Å². The summed E-state index contributed by atoms with van der Waals surface area (Å²) in [6.45, 7) is 2.16. The molecule has 1 aliphatic rings. The van der Waals surface area contributed by atoms with E-state index < -0.39 is 11.5 Å². The van der Waals surface area contributed by atoms with Crippen LogP contribution in [0.3, 0.4) is 0 Å². The van der Waals surface area contributed by atoms with Crippen LogP contribution in [0.4, 0.5) is 8.78 Å². The van der Waals surface area contributed by atoms with Crippen molar-refractivity contribution in [1.29, 1.82) is 0 Å². The molecule has 1 saturated carbocycles. The molecule has 0 bridgehead atoms. The lowest BCUT2D eigenvalue weighted by Crippen LogP contribution is -2.46. The van der Waals surface area contributed by atoms with Gasteiger partial charge in [-0.1, -0.05) is 37.3 Å². The first kappa shape index (κ1) is 13.5. The normalized spacial score (nSPS) is 29.2. The average molecular weight is 253 g/mol. The second-order valence-corrected chi connectivity index (χ2v) is 5.79. The van der Waals surface area contributed by atoms with Gasteiger partial charge in [0.15, 0.2) is 0 Å². The van der Waals surface area contributed by atoms with Gasteiger partial charge in [0.25, 0.3) is 5.92 Å². The summed E-state index contributed by atoms with van der Waals surface area (Å²) in [6.07, 6.45) is 3.09. The van der Waals surface area contributed by atoms with Crippen molar-refractivity contribution in [3.63, 3.8) is 0 Å². The minimum atomic E-state index is -2.82. The molecule has 100 valence electrons. The Morgan fingerprint density at radius 3 is 2.33 bits per heavy atom. The summed E-state index contributed by atoms with van der Waals surface area (Å²) in [6, 6.07) is 8.01. The van der Waals surface area contributed by atoms with E-state index in [0.717, 1.165) is 12.8 Å². The van der Waals surface area contributed by atoms with Gasteiger partial charge in [-0.15, -0.1) is 0 Å². The Kier molecular flexibility index (Phi) is 3.71. The van der Waals surface area contributed by atoms with E-state index in [2.05, 4.69) is 6.92 Å². The van der Waals surface area contributed by atoms with Gasteiger partial charge >= 0.3 is 0 Å². The summed E-state index contributed by atoms with van der Waals surface area (Å²) in [5.74, 6) is -2.21. The van der Waals surface area contributed by atoms with Crippen LogP contribution < -0.4 is 5.73 Å². The second-order valence-electron chi connectivity index (χ2n) is 5.79. The molecule has 3 heteroatoms. The fraction of sp³-hybridized carbons (Fsp3) is 0.600. The number of hydrogen-bond acceptors (Lipinski definition) is 1. The molecule has 0 heterocycles. The highest BCUT2D eigenvalue weighted by Crippen LogP contribution is 2.41. The van der Waals surface area contributed by atoms with Gasteiger partial charge in [0.05, 0.1) is 0 Å². The first-order valence-electron chi connectivity index (χ1n) is 6.64. The maximum absolute atomic E-state index is 14.2. The van der Waals surface area contributed by atoms with E-state index in [1.807, 2.05) is 0 Å². The Morgan fingerprint density at radius 2 is 1.78 bits per heavy atom. The first-order chi connectivity index (χ1) is 8.41. The molecule has 0 atom stereocenters. The minimum Gasteiger partial charge on any atom is -0.325 e. The molecule has 0 unspecified atom stereocenters. The molecule has 1 fully saturated rings. The van der Waals surface area contributed by atoms with Gasteiger partial charge in [-0.25, -0.2) is 8.78 Å². The van der Waals surface area contributed by atoms with Crippen molar-refractivity contribution < 1.29 is 8.78 Å². The molecule has 0 aromatic heterocycles. The van der Waals surface area contributed by atoms with Crippen molar-refractivity contribution in [2.45, 2.75) is 50.5 Å². The van der Waals surface area contributed by atoms with E-state index in [4.69, 9.17) is 5.73 Å². The summed E-state index contributed by atoms with van der Waals surface area (Å²) in [4.78, 5) is 0. The van der Waals surface area contributed by atoms with Crippen molar-refractivity contribution in [2.75, 3.05) is 0 Å². The molecule has 1 aromatic rings. The largest absolute Gasteiger partial charge is 0.325 e. The highest BCUT2D eigenvalue weighted by Gasteiger charge is 2.42. The molecule has 0 aliphatic heterocycles. The van der Waals surface area contributed by atoms with Crippen LogP contribution >= 0.6 is 0 Å². The standard InChI is InChI=1S/C15H21F2N/c1-12-7-9-14(18,10-8-12)11-15(16,17)13-5-3-2-4-6-13/h2-6,12H,7-11,18H2,1H3. The van der Waals surface area contributed by atoms with Crippen LogP contribution in [0, 0.1) is 5.92 Å². The van der Waals surface area contributed by atoms with Crippen LogP contribution in [-0.2, 0) is 5.92 Å². The lowest BCUT2D eigenvalue weighted by Gasteiger charge is -2.38. The topological polar surface area (TPSA) is 26.0 Å². The lowest BCUT2D eigenvalue weighted by molar-refractivity contribution is -0.0418. The highest BCUT2D eigenvalue weighted by molar-refractivity contribution is 5.21. The van der Waals surface area contributed by atoms with Crippen molar-refractivity contribution in [1.82, 2.24) is 0 Å². The van der Waals surface area contributed by atoms with Crippen LogP contribution in [0.25, 0.3) is 0 Å². The molecule has 18 heavy (non-hydrogen) atoms. The molecule has 0 radical (unpaired) electrons. The maximum atomic E-state index is 14.2. The Morgan fingerprint density at radius 1 is 1.22 bits per heavy atom. The summed E-state index contributed by atoms with van der Waals surface area (Å²) < 4.78 is 28.4.